The summed E-state index contributed by atoms with van der Waals surface area (Å²) in [5.74, 6) is 0.691. The molecule has 0 spiro atoms. The molecule has 1 aromatic heterocycles. The van der Waals surface area contributed by atoms with Crippen LogP contribution in [-0.4, -0.2) is 17.2 Å². The van der Waals surface area contributed by atoms with E-state index in [0.717, 1.165) is 6.54 Å². The van der Waals surface area contributed by atoms with Gasteiger partial charge in [0.25, 0.3) is 0 Å². The highest BCUT2D eigenvalue weighted by molar-refractivity contribution is 8.00. The summed E-state index contributed by atoms with van der Waals surface area (Å²) in [7, 11) is 0. The fraction of sp³-hybridized carbons (Fsp3) is 0.375. The molecule has 0 radical (unpaired) electrons. The minimum absolute atomic E-state index is 0.0922. The SMILES string of the molecule is O=C1CSC(NCc2cccs2)N1. The maximum Gasteiger partial charge on any atom is 0.231 e. The number of amides is 1. The summed E-state index contributed by atoms with van der Waals surface area (Å²) >= 11 is 3.33. The Morgan fingerprint density at radius 3 is 3.23 bits per heavy atom. The summed E-state index contributed by atoms with van der Waals surface area (Å²) in [6.45, 7) is 0.829. The van der Waals surface area contributed by atoms with Crippen LogP contribution in [0.4, 0.5) is 0 Å². The first kappa shape index (κ1) is 9.05. The van der Waals surface area contributed by atoms with E-state index >= 15 is 0 Å². The van der Waals surface area contributed by atoms with Gasteiger partial charge in [-0.05, 0) is 11.4 Å². The van der Waals surface area contributed by atoms with Gasteiger partial charge in [0.05, 0.1) is 5.75 Å². The van der Waals surface area contributed by atoms with Crippen molar-refractivity contribution in [3.8, 4) is 0 Å². The third kappa shape index (κ3) is 2.46. The molecule has 1 saturated heterocycles. The molecule has 13 heavy (non-hydrogen) atoms. The van der Waals surface area contributed by atoms with Crippen LogP contribution in [0.25, 0.3) is 0 Å². The van der Waals surface area contributed by atoms with Crippen LogP contribution in [0.2, 0.25) is 0 Å². The Hall–Kier alpha value is -0.520. The maximum absolute atomic E-state index is 10.8. The zero-order valence-corrected chi connectivity index (χ0v) is 8.58. The van der Waals surface area contributed by atoms with Crippen LogP contribution < -0.4 is 10.6 Å². The smallest absolute Gasteiger partial charge is 0.231 e. The minimum Gasteiger partial charge on any atom is -0.331 e. The van der Waals surface area contributed by atoms with Crippen molar-refractivity contribution < 1.29 is 4.79 Å². The van der Waals surface area contributed by atoms with Crippen molar-refractivity contribution in [3.63, 3.8) is 0 Å². The van der Waals surface area contributed by atoms with Crippen molar-refractivity contribution in [2.75, 3.05) is 5.75 Å². The molecule has 0 saturated carbocycles. The predicted octanol–water partition coefficient (Wildman–Crippen LogP) is 0.984. The second kappa shape index (κ2) is 4.13. The van der Waals surface area contributed by atoms with Crippen molar-refractivity contribution in [2.24, 2.45) is 0 Å². The molecule has 0 aliphatic carbocycles. The molecule has 0 bridgehead atoms. The predicted molar refractivity (Wildman–Crippen MR) is 55.5 cm³/mol. The third-order valence-corrected chi connectivity index (χ3v) is 3.64. The molecule has 2 rings (SSSR count). The quantitative estimate of drug-likeness (QED) is 0.788. The first-order valence-corrected chi connectivity index (χ1v) is 5.94. The topological polar surface area (TPSA) is 41.1 Å². The highest BCUT2D eigenvalue weighted by atomic mass is 32.2. The molecule has 70 valence electrons. The lowest BCUT2D eigenvalue weighted by Gasteiger charge is -2.09. The number of thiophene rings is 1. The van der Waals surface area contributed by atoms with Gasteiger partial charge in [0.15, 0.2) is 0 Å². The van der Waals surface area contributed by atoms with Gasteiger partial charge in [0.2, 0.25) is 5.91 Å². The van der Waals surface area contributed by atoms with Crippen molar-refractivity contribution in [1.29, 1.82) is 0 Å². The molecule has 3 nitrogen and oxygen atoms in total. The molecule has 1 aliphatic heterocycles. The molecule has 1 amide bonds. The summed E-state index contributed by atoms with van der Waals surface area (Å²) in [5.41, 5.74) is 0.0922. The largest absolute Gasteiger partial charge is 0.331 e. The number of rotatable bonds is 3. The van der Waals surface area contributed by atoms with E-state index in [1.54, 1.807) is 23.1 Å². The van der Waals surface area contributed by atoms with Gasteiger partial charge in [-0.3, -0.25) is 10.1 Å². The van der Waals surface area contributed by atoms with Gasteiger partial charge in [-0.1, -0.05) is 6.07 Å². The Bertz CT molecular complexity index is 286. The van der Waals surface area contributed by atoms with Crippen LogP contribution in [0, 0.1) is 0 Å². The zero-order valence-electron chi connectivity index (χ0n) is 6.95. The number of hydrogen-bond acceptors (Lipinski definition) is 4. The van der Waals surface area contributed by atoms with Crippen molar-refractivity contribution in [1.82, 2.24) is 10.6 Å². The summed E-state index contributed by atoms with van der Waals surface area (Å²) < 4.78 is 0. The monoisotopic (exact) mass is 214 g/mol. The highest BCUT2D eigenvalue weighted by Gasteiger charge is 2.20. The summed E-state index contributed by atoms with van der Waals surface area (Å²) in [5, 5.41) is 8.14. The molecular weight excluding hydrogens is 204 g/mol. The van der Waals surface area contributed by atoms with E-state index in [1.807, 2.05) is 6.07 Å². The van der Waals surface area contributed by atoms with E-state index in [0.29, 0.717) is 5.75 Å². The molecular formula is C8H10N2OS2. The molecule has 0 aromatic carbocycles. The van der Waals surface area contributed by atoms with Crippen LogP contribution >= 0.6 is 23.1 Å². The first-order valence-electron chi connectivity index (χ1n) is 4.01. The second-order valence-electron chi connectivity index (χ2n) is 2.72. The molecule has 1 unspecified atom stereocenters. The normalized spacial score (nSPS) is 21.8. The Morgan fingerprint density at radius 1 is 1.69 bits per heavy atom. The van der Waals surface area contributed by atoms with Gasteiger partial charge in [-0.25, -0.2) is 0 Å². The average Bonchev–Trinajstić information content (AvgIpc) is 2.71. The molecule has 1 fully saturated rings. The molecule has 1 aromatic rings. The lowest BCUT2D eigenvalue weighted by Crippen LogP contribution is -2.36. The van der Waals surface area contributed by atoms with Gasteiger partial charge in [-0.15, -0.1) is 23.1 Å². The van der Waals surface area contributed by atoms with Gasteiger partial charge in [0, 0.05) is 11.4 Å². The Balaban J connectivity index is 1.77. The number of hydrogen-bond donors (Lipinski definition) is 2. The first-order chi connectivity index (χ1) is 6.34. The van der Waals surface area contributed by atoms with Gasteiger partial charge in [-0.2, -0.15) is 0 Å². The lowest BCUT2D eigenvalue weighted by atomic mass is 10.5. The van der Waals surface area contributed by atoms with Crippen LogP contribution in [0.3, 0.4) is 0 Å². The zero-order chi connectivity index (χ0) is 9.10. The molecule has 1 aliphatic rings. The van der Waals surface area contributed by atoms with Crippen LogP contribution in [0.15, 0.2) is 17.5 Å². The lowest BCUT2D eigenvalue weighted by molar-refractivity contribution is -0.118. The number of nitrogens with one attached hydrogen (secondary N) is 2. The van der Waals surface area contributed by atoms with Gasteiger partial charge < -0.3 is 5.32 Å². The van der Waals surface area contributed by atoms with E-state index < -0.39 is 0 Å². The number of carbonyl (C=O) groups is 1. The number of thioether (sulfide) groups is 1. The number of carbonyl (C=O) groups excluding carboxylic acids is 1. The molecule has 1 atom stereocenters. The average molecular weight is 214 g/mol. The molecule has 2 N–H and O–H groups in total. The third-order valence-electron chi connectivity index (χ3n) is 1.71. The van der Waals surface area contributed by atoms with E-state index in [4.69, 9.17) is 0 Å². The van der Waals surface area contributed by atoms with E-state index in [1.165, 1.54) is 4.88 Å². The van der Waals surface area contributed by atoms with Gasteiger partial charge in [0.1, 0.15) is 5.50 Å². The van der Waals surface area contributed by atoms with Crippen LogP contribution in [0.1, 0.15) is 4.88 Å². The standard InChI is InChI=1S/C8H10N2OS2/c11-7-5-13-8(10-7)9-4-6-2-1-3-12-6/h1-3,8-9H,4-5H2,(H,10,11). The van der Waals surface area contributed by atoms with Crippen molar-refractivity contribution in [2.45, 2.75) is 12.0 Å². The Morgan fingerprint density at radius 2 is 2.62 bits per heavy atom. The Kier molecular flexibility index (Phi) is 2.87. The minimum atomic E-state index is 0.0922. The fourth-order valence-corrected chi connectivity index (χ4v) is 2.58. The highest BCUT2D eigenvalue weighted by Crippen LogP contribution is 2.14. The molecule has 2 heterocycles. The molecule has 5 heteroatoms. The van der Waals surface area contributed by atoms with Gasteiger partial charge >= 0.3 is 0 Å². The van der Waals surface area contributed by atoms with Crippen molar-refractivity contribution >= 4 is 29.0 Å². The van der Waals surface area contributed by atoms with E-state index in [9.17, 15) is 4.79 Å². The van der Waals surface area contributed by atoms with Crippen LogP contribution in [0.5, 0.6) is 0 Å². The van der Waals surface area contributed by atoms with E-state index in [2.05, 4.69) is 22.1 Å². The second-order valence-corrected chi connectivity index (χ2v) is 4.84. The summed E-state index contributed by atoms with van der Waals surface area (Å²) in [6.07, 6.45) is 0. The van der Waals surface area contributed by atoms with Crippen molar-refractivity contribution in [3.05, 3.63) is 22.4 Å². The Labute approximate surface area is 84.9 Å². The van der Waals surface area contributed by atoms with Crippen LogP contribution in [-0.2, 0) is 11.3 Å². The van der Waals surface area contributed by atoms with E-state index in [-0.39, 0.29) is 11.4 Å². The summed E-state index contributed by atoms with van der Waals surface area (Å²) in [6, 6.07) is 4.11. The fourth-order valence-electron chi connectivity index (χ4n) is 1.10. The summed E-state index contributed by atoms with van der Waals surface area (Å²) in [4.78, 5) is 12.1. The maximum atomic E-state index is 10.8.